The number of unbranched alkanes of at least 4 members (excludes halogenated alkanes) is 1. The predicted octanol–water partition coefficient (Wildman–Crippen LogP) is 0.962. The zero-order valence-corrected chi connectivity index (χ0v) is 11.0. The van der Waals surface area contributed by atoms with E-state index in [1.807, 2.05) is 0 Å². The topological polar surface area (TPSA) is 58.4 Å². The molecule has 1 amide bonds. The van der Waals surface area contributed by atoms with Gasteiger partial charge in [-0.15, -0.1) is 0 Å². The van der Waals surface area contributed by atoms with Crippen LogP contribution in [0.25, 0.3) is 0 Å². The van der Waals surface area contributed by atoms with Gasteiger partial charge in [0, 0.05) is 19.1 Å². The first-order valence-corrected chi connectivity index (χ1v) is 6.36. The summed E-state index contributed by atoms with van der Waals surface area (Å²) < 4.78 is 0. The lowest BCUT2D eigenvalue weighted by molar-refractivity contribution is -0.122. The molecule has 0 heterocycles. The van der Waals surface area contributed by atoms with Gasteiger partial charge in [0.2, 0.25) is 5.91 Å². The number of nitrogens with zero attached hydrogens (tertiary/aromatic N) is 1. The number of hydrogen-bond donors (Lipinski definition) is 2. The number of hydrogen-bond acceptors (Lipinski definition) is 3. The van der Waals surface area contributed by atoms with Crippen LogP contribution in [-0.4, -0.2) is 43.0 Å². The quantitative estimate of drug-likeness (QED) is 0.619. The Morgan fingerprint density at radius 2 is 2.12 bits per heavy atom. The highest BCUT2D eigenvalue weighted by Crippen LogP contribution is 2.05. The van der Waals surface area contributed by atoms with E-state index in [4.69, 9.17) is 5.73 Å². The summed E-state index contributed by atoms with van der Waals surface area (Å²) in [5.74, 6) is 0.0850. The van der Waals surface area contributed by atoms with Crippen LogP contribution in [0.4, 0.5) is 0 Å². The van der Waals surface area contributed by atoms with E-state index >= 15 is 0 Å². The van der Waals surface area contributed by atoms with Gasteiger partial charge in [-0.05, 0) is 26.3 Å². The Kier molecular flexibility index (Phi) is 9.24. The second-order valence-corrected chi connectivity index (χ2v) is 4.22. The molecule has 4 heteroatoms. The Bertz CT molecular complexity index is 185. The Labute approximate surface area is 99.6 Å². The summed E-state index contributed by atoms with van der Waals surface area (Å²) in [5.41, 5.74) is 5.35. The van der Waals surface area contributed by atoms with Crippen molar-refractivity contribution in [1.82, 2.24) is 10.2 Å². The molecule has 1 unspecified atom stereocenters. The van der Waals surface area contributed by atoms with E-state index in [0.29, 0.717) is 25.7 Å². The van der Waals surface area contributed by atoms with Gasteiger partial charge in [0.15, 0.2) is 0 Å². The molecule has 0 aromatic carbocycles. The van der Waals surface area contributed by atoms with Crippen molar-refractivity contribution >= 4 is 5.91 Å². The van der Waals surface area contributed by atoms with Gasteiger partial charge in [-0.25, -0.2) is 0 Å². The van der Waals surface area contributed by atoms with Crippen molar-refractivity contribution in [2.75, 3.05) is 26.2 Å². The second-order valence-electron chi connectivity index (χ2n) is 4.22. The smallest absolute Gasteiger partial charge is 0.234 e. The molecular formula is C12H27N3O. The maximum absolute atomic E-state index is 11.6. The number of nitrogens with two attached hydrogens (primary N) is 1. The predicted molar refractivity (Wildman–Crippen MR) is 68.3 cm³/mol. The van der Waals surface area contributed by atoms with Crippen molar-refractivity contribution in [2.45, 2.75) is 46.1 Å². The van der Waals surface area contributed by atoms with Crippen molar-refractivity contribution in [3.05, 3.63) is 0 Å². The highest BCUT2D eigenvalue weighted by Gasteiger charge is 2.14. The minimum atomic E-state index is 0.0850. The zero-order valence-electron chi connectivity index (χ0n) is 11.0. The van der Waals surface area contributed by atoms with Gasteiger partial charge < -0.3 is 11.1 Å². The standard InChI is InChI=1S/C12H27N3O/c1-4-6-9-15(11(3)5-2)10-12(16)14-8-7-13/h11H,4-10,13H2,1-3H3,(H,14,16). The highest BCUT2D eigenvalue weighted by atomic mass is 16.2. The van der Waals surface area contributed by atoms with Gasteiger partial charge in [0.25, 0.3) is 0 Å². The first-order chi connectivity index (χ1) is 7.65. The Hall–Kier alpha value is -0.610. The molecular weight excluding hydrogens is 202 g/mol. The molecule has 0 saturated heterocycles. The average molecular weight is 229 g/mol. The van der Waals surface area contributed by atoms with Crippen molar-refractivity contribution in [2.24, 2.45) is 5.73 Å². The first-order valence-electron chi connectivity index (χ1n) is 6.36. The molecule has 0 saturated carbocycles. The van der Waals surface area contributed by atoms with Crippen LogP contribution in [-0.2, 0) is 4.79 Å². The Morgan fingerprint density at radius 1 is 1.44 bits per heavy atom. The molecule has 96 valence electrons. The fourth-order valence-electron chi connectivity index (χ4n) is 1.53. The van der Waals surface area contributed by atoms with E-state index < -0.39 is 0 Å². The molecule has 0 bridgehead atoms. The second kappa shape index (κ2) is 9.60. The third-order valence-corrected chi connectivity index (χ3v) is 2.83. The minimum Gasteiger partial charge on any atom is -0.354 e. The number of amides is 1. The average Bonchev–Trinajstić information content (AvgIpc) is 2.30. The van der Waals surface area contributed by atoms with Crippen LogP contribution in [0.1, 0.15) is 40.0 Å². The highest BCUT2D eigenvalue weighted by molar-refractivity contribution is 5.78. The van der Waals surface area contributed by atoms with Crippen molar-refractivity contribution in [1.29, 1.82) is 0 Å². The molecule has 4 nitrogen and oxygen atoms in total. The summed E-state index contributed by atoms with van der Waals surface area (Å²) in [6.45, 7) is 9.07. The number of nitrogens with one attached hydrogen (secondary N) is 1. The maximum Gasteiger partial charge on any atom is 0.234 e. The number of carbonyl (C=O) groups excluding carboxylic acids is 1. The molecule has 0 fully saturated rings. The lowest BCUT2D eigenvalue weighted by Crippen LogP contribution is -2.43. The van der Waals surface area contributed by atoms with Crippen molar-refractivity contribution in [3.63, 3.8) is 0 Å². The molecule has 16 heavy (non-hydrogen) atoms. The molecule has 1 atom stereocenters. The summed E-state index contributed by atoms with van der Waals surface area (Å²) in [6, 6.07) is 0.468. The van der Waals surface area contributed by atoms with Gasteiger partial charge in [0.1, 0.15) is 0 Å². The third-order valence-electron chi connectivity index (χ3n) is 2.83. The van der Waals surface area contributed by atoms with E-state index in [-0.39, 0.29) is 5.91 Å². The van der Waals surface area contributed by atoms with E-state index in [1.165, 1.54) is 0 Å². The third kappa shape index (κ3) is 6.80. The lowest BCUT2D eigenvalue weighted by atomic mass is 10.2. The molecule has 0 aliphatic rings. The SMILES string of the molecule is CCCCN(CC(=O)NCCN)C(C)CC. The first kappa shape index (κ1) is 15.4. The van der Waals surface area contributed by atoms with E-state index in [2.05, 4.69) is 31.0 Å². The van der Waals surface area contributed by atoms with Gasteiger partial charge in [-0.1, -0.05) is 20.3 Å². The normalized spacial score (nSPS) is 12.8. The van der Waals surface area contributed by atoms with Gasteiger partial charge in [0.05, 0.1) is 6.54 Å². The summed E-state index contributed by atoms with van der Waals surface area (Å²) in [7, 11) is 0. The molecule has 0 rings (SSSR count). The number of carbonyl (C=O) groups is 1. The molecule has 0 radical (unpaired) electrons. The largest absolute Gasteiger partial charge is 0.354 e. The molecule has 0 aliphatic heterocycles. The van der Waals surface area contributed by atoms with E-state index in [0.717, 1.165) is 25.8 Å². The summed E-state index contributed by atoms with van der Waals surface area (Å²) in [5, 5.41) is 2.81. The van der Waals surface area contributed by atoms with Crippen LogP contribution in [0.3, 0.4) is 0 Å². The molecule has 0 aromatic rings. The van der Waals surface area contributed by atoms with Crippen LogP contribution >= 0.6 is 0 Å². The van der Waals surface area contributed by atoms with E-state index in [9.17, 15) is 4.79 Å². The molecule has 0 aliphatic carbocycles. The summed E-state index contributed by atoms with van der Waals surface area (Å²) in [6.07, 6.45) is 3.39. The van der Waals surface area contributed by atoms with Crippen LogP contribution in [0.5, 0.6) is 0 Å². The van der Waals surface area contributed by atoms with Crippen molar-refractivity contribution < 1.29 is 4.79 Å². The van der Waals surface area contributed by atoms with Crippen LogP contribution in [0.2, 0.25) is 0 Å². The molecule has 0 aromatic heterocycles. The maximum atomic E-state index is 11.6. The lowest BCUT2D eigenvalue weighted by Gasteiger charge is -2.27. The monoisotopic (exact) mass is 229 g/mol. The van der Waals surface area contributed by atoms with Crippen LogP contribution < -0.4 is 11.1 Å². The van der Waals surface area contributed by atoms with Crippen molar-refractivity contribution in [3.8, 4) is 0 Å². The van der Waals surface area contributed by atoms with E-state index in [1.54, 1.807) is 0 Å². The summed E-state index contributed by atoms with van der Waals surface area (Å²) in [4.78, 5) is 13.8. The van der Waals surface area contributed by atoms with Crippen LogP contribution in [0, 0.1) is 0 Å². The fourth-order valence-corrected chi connectivity index (χ4v) is 1.53. The number of rotatable bonds is 9. The minimum absolute atomic E-state index is 0.0850. The van der Waals surface area contributed by atoms with Gasteiger partial charge in [-0.3, -0.25) is 9.69 Å². The fraction of sp³-hybridized carbons (Fsp3) is 0.917. The van der Waals surface area contributed by atoms with Gasteiger partial charge in [-0.2, -0.15) is 0 Å². The Morgan fingerprint density at radius 3 is 2.62 bits per heavy atom. The molecule has 0 spiro atoms. The summed E-state index contributed by atoms with van der Waals surface area (Å²) >= 11 is 0. The van der Waals surface area contributed by atoms with Crippen LogP contribution in [0.15, 0.2) is 0 Å². The molecule has 3 N–H and O–H groups in total. The zero-order chi connectivity index (χ0) is 12.4. The Balaban J connectivity index is 4.03. The van der Waals surface area contributed by atoms with Gasteiger partial charge >= 0.3 is 0 Å².